The van der Waals surface area contributed by atoms with Gasteiger partial charge in [0.05, 0.1) is 17.9 Å². The molecule has 2 atom stereocenters. The number of likely N-dealkylation sites (tertiary alicyclic amines) is 1. The third kappa shape index (κ3) is 3.04. The van der Waals surface area contributed by atoms with E-state index in [0.717, 1.165) is 38.1 Å². The summed E-state index contributed by atoms with van der Waals surface area (Å²) in [4.78, 5) is 35.9. The summed E-state index contributed by atoms with van der Waals surface area (Å²) in [5.41, 5.74) is 0.211. The van der Waals surface area contributed by atoms with Gasteiger partial charge in [0.25, 0.3) is 11.8 Å². The standard InChI is InChI=1S/C20H26N6O3/c1-2-24-10-15(22-13-24)18(27)23-14-9-20(26-7-6-21-17(14)26)11-25(12-20)19(28)16-5-3-4-8-29-16/h6-7,10,13-14,16H,2-5,8-9,11-12H2,1H3,(H,23,27). The minimum Gasteiger partial charge on any atom is -0.368 e. The lowest BCUT2D eigenvalue weighted by Crippen LogP contribution is -2.65. The van der Waals surface area contributed by atoms with Crippen LogP contribution >= 0.6 is 0 Å². The summed E-state index contributed by atoms with van der Waals surface area (Å²) >= 11 is 0. The van der Waals surface area contributed by atoms with Gasteiger partial charge in [-0.1, -0.05) is 0 Å². The van der Waals surface area contributed by atoms with E-state index in [0.29, 0.717) is 25.4 Å². The van der Waals surface area contributed by atoms with Crippen molar-refractivity contribution in [2.24, 2.45) is 0 Å². The van der Waals surface area contributed by atoms with Crippen LogP contribution in [-0.2, 0) is 21.6 Å². The van der Waals surface area contributed by atoms with E-state index < -0.39 is 0 Å². The summed E-state index contributed by atoms with van der Waals surface area (Å²) in [6, 6.07) is -0.188. The molecule has 0 aromatic carbocycles. The summed E-state index contributed by atoms with van der Waals surface area (Å²) in [6.45, 7) is 4.70. The molecule has 2 aromatic heterocycles. The van der Waals surface area contributed by atoms with Crippen molar-refractivity contribution in [3.05, 3.63) is 36.4 Å². The van der Waals surface area contributed by atoms with Crippen molar-refractivity contribution in [1.29, 1.82) is 0 Å². The van der Waals surface area contributed by atoms with Crippen LogP contribution < -0.4 is 5.32 Å². The van der Waals surface area contributed by atoms with Crippen LogP contribution in [0.15, 0.2) is 24.9 Å². The minimum atomic E-state index is -0.297. The van der Waals surface area contributed by atoms with Crippen molar-refractivity contribution < 1.29 is 14.3 Å². The molecular weight excluding hydrogens is 372 g/mol. The third-order valence-corrected chi connectivity index (χ3v) is 6.35. The molecule has 2 aromatic rings. The summed E-state index contributed by atoms with van der Waals surface area (Å²) in [5, 5.41) is 3.08. The molecule has 5 heterocycles. The number of hydrogen-bond donors (Lipinski definition) is 1. The highest BCUT2D eigenvalue weighted by Gasteiger charge is 2.54. The highest BCUT2D eigenvalue weighted by atomic mass is 16.5. The van der Waals surface area contributed by atoms with Crippen LogP contribution in [0.2, 0.25) is 0 Å². The van der Waals surface area contributed by atoms with Gasteiger partial charge in [-0.25, -0.2) is 9.97 Å². The highest BCUT2D eigenvalue weighted by Crippen LogP contribution is 2.44. The maximum atomic E-state index is 12.7. The van der Waals surface area contributed by atoms with Crippen molar-refractivity contribution in [2.45, 2.75) is 56.8 Å². The number of amides is 2. The van der Waals surface area contributed by atoms with E-state index in [1.54, 1.807) is 18.7 Å². The molecule has 2 fully saturated rings. The average Bonchev–Trinajstić information content (AvgIpc) is 3.44. The van der Waals surface area contributed by atoms with Crippen LogP contribution in [0.4, 0.5) is 0 Å². The van der Waals surface area contributed by atoms with Gasteiger partial charge in [0.2, 0.25) is 0 Å². The number of nitrogens with one attached hydrogen (secondary N) is 1. The summed E-state index contributed by atoms with van der Waals surface area (Å²) in [7, 11) is 0. The van der Waals surface area contributed by atoms with Gasteiger partial charge in [-0.3, -0.25) is 9.59 Å². The predicted molar refractivity (Wildman–Crippen MR) is 103 cm³/mol. The van der Waals surface area contributed by atoms with Crippen LogP contribution in [0.5, 0.6) is 0 Å². The zero-order valence-electron chi connectivity index (χ0n) is 16.6. The number of carbonyl (C=O) groups is 2. The van der Waals surface area contributed by atoms with Crippen LogP contribution in [-0.4, -0.2) is 61.6 Å². The molecule has 2 unspecified atom stereocenters. The van der Waals surface area contributed by atoms with Crippen molar-refractivity contribution >= 4 is 11.8 Å². The summed E-state index contributed by atoms with van der Waals surface area (Å²) in [6.07, 6.45) is 10.4. The Kier molecular flexibility index (Phi) is 4.42. The molecule has 2 saturated heterocycles. The molecule has 3 aliphatic heterocycles. The molecule has 1 spiro atoms. The Morgan fingerprint density at radius 2 is 2.17 bits per heavy atom. The van der Waals surface area contributed by atoms with E-state index in [1.165, 1.54) is 0 Å². The Hall–Kier alpha value is -2.68. The molecule has 29 heavy (non-hydrogen) atoms. The molecule has 2 amide bonds. The molecule has 9 heteroatoms. The first-order chi connectivity index (χ1) is 14.1. The van der Waals surface area contributed by atoms with E-state index >= 15 is 0 Å². The lowest BCUT2D eigenvalue weighted by molar-refractivity contribution is -0.157. The highest BCUT2D eigenvalue weighted by molar-refractivity contribution is 5.92. The molecule has 0 radical (unpaired) electrons. The first kappa shape index (κ1) is 18.4. The molecule has 1 N–H and O–H groups in total. The summed E-state index contributed by atoms with van der Waals surface area (Å²) in [5.74, 6) is 0.737. The lowest BCUT2D eigenvalue weighted by Gasteiger charge is -2.50. The van der Waals surface area contributed by atoms with Crippen molar-refractivity contribution in [2.75, 3.05) is 19.7 Å². The monoisotopic (exact) mass is 398 g/mol. The number of rotatable bonds is 4. The predicted octanol–water partition coefficient (Wildman–Crippen LogP) is 1.08. The molecule has 0 bridgehead atoms. The normalized spacial score (nSPS) is 24.9. The fourth-order valence-corrected chi connectivity index (χ4v) is 4.78. The first-order valence-electron chi connectivity index (χ1n) is 10.4. The number of imidazole rings is 2. The number of fused-ring (bicyclic) bond motifs is 2. The minimum absolute atomic E-state index is 0.0922. The number of ether oxygens (including phenoxy) is 1. The van der Waals surface area contributed by atoms with Gasteiger partial charge >= 0.3 is 0 Å². The van der Waals surface area contributed by atoms with Gasteiger partial charge in [0.15, 0.2) is 0 Å². The van der Waals surface area contributed by atoms with Gasteiger partial charge in [-0.15, -0.1) is 0 Å². The Morgan fingerprint density at radius 3 is 2.90 bits per heavy atom. The maximum absolute atomic E-state index is 12.7. The molecule has 3 aliphatic rings. The van der Waals surface area contributed by atoms with Gasteiger partial charge in [0.1, 0.15) is 17.6 Å². The first-order valence-corrected chi connectivity index (χ1v) is 10.4. The fourth-order valence-electron chi connectivity index (χ4n) is 4.78. The van der Waals surface area contributed by atoms with Gasteiger partial charge in [-0.05, 0) is 26.2 Å². The average molecular weight is 398 g/mol. The van der Waals surface area contributed by atoms with Crippen LogP contribution in [0.1, 0.15) is 55.0 Å². The third-order valence-electron chi connectivity index (χ3n) is 6.35. The smallest absolute Gasteiger partial charge is 0.272 e. The van der Waals surface area contributed by atoms with Crippen LogP contribution in [0.25, 0.3) is 0 Å². The van der Waals surface area contributed by atoms with Crippen LogP contribution in [0.3, 0.4) is 0 Å². The SMILES string of the molecule is CCn1cnc(C(=O)NC2CC3(CN(C(=O)C4CCCCO4)C3)n3ccnc32)c1. The topological polar surface area (TPSA) is 94.3 Å². The second kappa shape index (κ2) is 6.98. The largest absolute Gasteiger partial charge is 0.368 e. The van der Waals surface area contributed by atoms with Crippen molar-refractivity contribution in [3.63, 3.8) is 0 Å². The molecule has 154 valence electrons. The molecule has 0 aliphatic carbocycles. The quantitative estimate of drug-likeness (QED) is 0.832. The van der Waals surface area contributed by atoms with E-state index in [9.17, 15) is 9.59 Å². The van der Waals surface area contributed by atoms with Gasteiger partial charge in [-0.2, -0.15) is 0 Å². The number of nitrogens with zero attached hydrogens (tertiary/aromatic N) is 5. The Morgan fingerprint density at radius 1 is 1.31 bits per heavy atom. The van der Waals surface area contributed by atoms with E-state index in [-0.39, 0.29) is 29.5 Å². The number of aryl methyl sites for hydroxylation is 1. The number of aromatic nitrogens is 4. The molecule has 9 nitrogen and oxygen atoms in total. The van der Waals surface area contributed by atoms with Gasteiger partial charge in [0, 0.05) is 51.3 Å². The summed E-state index contributed by atoms with van der Waals surface area (Å²) < 4.78 is 9.66. The Balaban J connectivity index is 1.27. The zero-order chi connectivity index (χ0) is 20.0. The van der Waals surface area contributed by atoms with Gasteiger partial charge < -0.3 is 24.1 Å². The Labute approximate surface area is 169 Å². The van der Waals surface area contributed by atoms with E-state index in [1.807, 2.05) is 22.6 Å². The number of hydrogen-bond acceptors (Lipinski definition) is 5. The molecule has 5 rings (SSSR count). The maximum Gasteiger partial charge on any atom is 0.272 e. The second-order valence-electron chi connectivity index (χ2n) is 8.25. The zero-order valence-corrected chi connectivity index (χ0v) is 16.6. The van der Waals surface area contributed by atoms with Crippen molar-refractivity contribution in [1.82, 2.24) is 29.3 Å². The number of carbonyl (C=O) groups excluding carboxylic acids is 2. The van der Waals surface area contributed by atoms with E-state index in [4.69, 9.17) is 4.74 Å². The fraction of sp³-hybridized carbons (Fsp3) is 0.600. The second-order valence-corrected chi connectivity index (χ2v) is 8.25. The van der Waals surface area contributed by atoms with Crippen LogP contribution in [0, 0.1) is 0 Å². The van der Waals surface area contributed by atoms with E-state index in [2.05, 4.69) is 19.9 Å². The molecular formula is C20H26N6O3. The lowest BCUT2D eigenvalue weighted by atomic mass is 9.85. The molecule has 0 saturated carbocycles. The Bertz CT molecular complexity index is 922. The van der Waals surface area contributed by atoms with Crippen molar-refractivity contribution in [3.8, 4) is 0 Å².